The van der Waals surface area contributed by atoms with Crippen molar-refractivity contribution >= 4 is 0 Å². The number of hydrogen-bond donors (Lipinski definition) is 0. The van der Waals surface area contributed by atoms with E-state index in [9.17, 15) is 4.39 Å². The van der Waals surface area contributed by atoms with E-state index in [0.29, 0.717) is 0 Å². The Bertz CT molecular complexity index is 347. The van der Waals surface area contributed by atoms with Crippen molar-refractivity contribution in [3.05, 3.63) is 35.1 Å². The van der Waals surface area contributed by atoms with Gasteiger partial charge in [0, 0.05) is 5.92 Å². The van der Waals surface area contributed by atoms with Gasteiger partial charge in [0.25, 0.3) is 0 Å². The van der Waals surface area contributed by atoms with Crippen molar-refractivity contribution < 1.29 is 4.39 Å². The van der Waals surface area contributed by atoms with Crippen LogP contribution in [0.25, 0.3) is 0 Å². The molecule has 14 heavy (non-hydrogen) atoms. The van der Waals surface area contributed by atoms with Gasteiger partial charge in [-0.3, -0.25) is 0 Å². The van der Waals surface area contributed by atoms with Gasteiger partial charge in [0.15, 0.2) is 0 Å². The molecule has 0 heterocycles. The number of hydrogen-bond acceptors (Lipinski definition) is 0. The molecule has 0 N–H and O–H groups in total. The minimum absolute atomic E-state index is 0.00718. The maximum Gasteiger partial charge on any atom is 0.123 e. The smallest absolute Gasteiger partial charge is 0.123 e. The molecule has 74 valence electrons. The SMILES string of the molecule is C#CC(C)c1cc(F)ccc1CCC. The van der Waals surface area contributed by atoms with Gasteiger partial charge in [-0.05, 0) is 36.6 Å². The van der Waals surface area contributed by atoms with E-state index in [-0.39, 0.29) is 11.7 Å². The summed E-state index contributed by atoms with van der Waals surface area (Å²) in [6, 6.07) is 4.88. The molecule has 0 nitrogen and oxygen atoms in total. The monoisotopic (exact) mass is 190 g/mol. The molecular weight excluding hydrogens is 175 g/mol. The van der Waals surface area contributed by atoms with Crippen LogP contribution in [-0.2, 0) is 6.42 Å². The Morgan fingerprint density at radius 2 is 2.21 bits per heavy atom. The molecule has 0 radical (unpaired) electrons. The molecule has 1 heteroatoms. The molecule has 0 spiro atoms. The van der Waals surface area contributed by atoms with Crippen molar-refractivity contribution in [3.8, 4) is 12.3 Å². The second-order valence-electron chi connectivity index (χ2n) is 3.48. The van der Waals surface area contributed by atoms with Crippen LogP contribution in [-0.4, -0.2) is 0 Å². The summed E-state index contributed by atoms with van der Waals surface area (Å²) in [6.45, 7) is 4.03. The van der Waals surface area contributed by atoms with Gasteiger partial charge in [0.2, 0.25) is 0 Å². The lowest BCUT2D eigenvalue weighted by Gasteiger charge is -2.11. The van der Waals surface area contributed by atoms with Gasteiger partial charge < -0.3 is 0 Å². The van der Waals surface area contributed by atoms with Gasteiger partial charge in [-0.2, -0.15) is 0 Å². The highest BCUT2D eigenvalue weighted by atomic mass is 19.1. The van der Waals surface area contributed by atoms with Crippen LogP contribution in [0.1, 0.15) is 37.3 Å². The molecular formula is C13H15F. The fourth-order valence-electron chi connectivity index (χ4n) is 1.56. The predicted octanol–water partition coefficient (Wildman–Crippen LogP) is 3.51. The summed E-state index contributed by atoms with van der Waals surface area (Å²) >= 11 is 0. The zero-order valence-electron chi connectivity index (χ0n) is 8.68. The van der Waals surface area contributed by atoms with E-state index in [1.807, 2.05) is 13.0 Å². The molecule has 0 bridgehead atoms. The van der Waals surface area contributed by atoms with Gasteiger partial charge in [0.05, 0.1) is 0 Å². The standard InChI is InChI=1S/C13H15F/c1-4-6-11-7-8-12(14)9-13(11)10(3)5-2/h2,7-10H,4,6H2,1,3H3. The van der Waals surface area contributed by atoms with E-state index in [1.165, 1.54) is 11.6 Å². The summed E-state index contributed by atoms with van der Waals surface area (Å²) in [7, 11) is 0. The lowest BCUT2D eigenvalue weighted by molar-refractivity contribution is 0.623. The molecule has 0 aromatic heterocycles. The summed E-state index contributed by atoms with van der Waals surface area (Å²) in [6.07, 6.45) is 7.36. The Kier molecular flexibility index (Phi) is 3.71. The first-order valence-electron chi connectivity index (χ1n) is 4.93. The highest BCUT2D eigenvalue weighted by Crippen LogP contribution is 2.21. The van der Waals surface area contributed by atoms with Crippen molar-refractivity contribution in [2.24, 2.45) is 0 Å². The first-order valence-corrected chi connectivity index (χ1v) is 4.93. The van der Waals surface area contributed by atoms with Crippen molar-refractivity contribution in [2.45, 2.75) is 32.6 Å². The Hall–Kier alpha value is -1.29. The predicted molar refractivity (Wildman–Crippen MR) is 57.6 cm³/mol. The minimum atomic E-state index is -0.207. The van der Waals surface area contributed by atoms with E-state index < -0.39 is 0 Å². The summed E-state index contributed by atoms with van der Waals surface area (Å²) in [5.74, 6) is 2.43. The third kappa shape index (κ3) is 2.35. The van der Waals surface area contributed by atoms with Crippen LogP contribution in [0.3, 0.4) is 0 Å². The summed E-state index contributed by atoms with van der Waals surface area (Å²) < 4.78 is 13.0. The lowest BCUT2D eigenvalue weighted by Crippen LogP contribution is -1.98. The highest BCUT2D eigenvalue weighted by molar-refractivity contribution is 5.34. The zero-order valence-corrected chi connectivity index (χ0v) is 8.68. The molecule has 1 rings (SSSR count). The Morgan fingerprint density at radius 3 is 2.79 bits per heavy atom. The summed E-state index contributed by atoms with van der Waals surface area (Å²) in [5, 5.41) is 0. The van der Waals surface area contributed by atoms with Gasteiger partial charge >= 0.3 is 0 Å². The van der Waals surface area contributed by atoms with Gasteiger partial charge in [-0.15, -0.1) is 6.42 Å². The van der Waals surface area contributed by atoms with Gasteiger partial charge in [-0.25, -0.2) is 4.39 Å². The van der Waals surface area contributed by atoms with Crippen LogP contribution in [0.2, 0.25) is 0 Å². The van der Waals surface area contributed by atoms with Crippen LogP contribution in [0.15, 0.2) is 18.2 Å². The minimum Gasteiger partial charge on any atom is -0.207 e. The van der Waals surface area contributed by atoms with Gasteiger partial charge in [0.1, 0.15) is 5.82 Å². The molecule has 0 aliphatic carbocycles. The van der Waals surface area contributed by atoms with Crippen LogP contribution < -0.4 is 0 Å². The Balaban J connectivity index is 3.10. The van der Waals surface area contributed by atoms with Crippen LogP contribution in [0, 0.1) is 18.2 Å². The van der Waals surface area contributed by atoms with E-state index in [2.05, 4.69) is 12.8 Å². The molecule has 1 aromatic carbocycles. The maximum absolute atomic E-state index is 13.0. The number of terminal acetylenes is 1. The first kappa shape index (κ1) is 10.8. The molecule has 0 saturated carbocycles. The molecule has 0 aliphatic rings. The third-order valence-corrected chi connectivity index (χ3v) is 2.34. The zero-order chi connectivity index (χ0) is 10.6. The normalized spacial score (nSPS) is 12.1. The summed E-state index contributed by atoms with van der Waals surface area (Å²) in [5.41, 5.74) is 2.12. The molecule has 1 atom stereocenters. The van der Waals surface area contributed by atoms with Crippen molar-refractivity contribution in [2.75, 3.05) is 0 Å². The first-order chi connectivity index (χ1) is 6.69. The lowest BCUT2D eigenvalue weighted by atomic mass is 9.94. The second kappa shape index (κ2) is 4.81. The van der Waals surface area contributed by atoms with E-state index in [1.54, 1.807) is 6.07 Å². The number of rotatable bonds is 3. The quantitative estimate of drug-likeness (QED) is 0.640. The number of aryl methyl sites for hydroxylation is 1. The van der Waals surface area contributed by atoms with Gasteiger partial charge in [-0.1, -0.05) is 25.3 Å². The van der Waals surface area contributed by atoms with Crippen LogP contribution in [0.4, 0.5) is 4.39 Å². The molecule has 0 fully saturated rings. The van der Waals surface area contributed by atoms with Crippen LogP contribution in [0.5, 0.6) is 0 Å². The van der Waals surface area contributed by atoms with E-state index in [4.69, 9.17) is 6.42 Å². The average Bonchev–Trinajstić information content (AvgIpc) is 2.20. The molecule has 0 aliphatic heterocycles. The van der Waals surface area contributed by atoms with Crippen molar-refractivity contribution in [3.63, 3.8) is 0 Å². The largest absolute Gasteiger partial charge is 0.207 e. The Morgan fingerprint density at radius 1 is 1.50 bits per heavy atom. The van der Waals surface area contributed by atoms with E-state index >= 15 is 0 Å². The molecule has 1 aromatic rings. The molecule has 0 saturated heterocycles. The summed E-state index contributed by atoms with van der Waals surface area (Å²) in [4.78, 5) is 0. The maximum atomic E-state index is 13.0. The van der Waals surface area contributed by atoms with Crippen molar-refractivity contribution in [1.82, 2.24) is 0 Å². The fraction of sp³-hybridized carbons (Fsp3) is 0.385. The second-order valence-corrected chi connectivity index (χ2v) is 3.48. The Labute approximate surface area is 85.2 Å². The van der Waals surface area contributed by atoms with Crippen molar-refractivity contribution in [1.29, 1.82) is 0 Å². The molecule has 1 unspecified atom stereocenters. The number of benzene rings is 1. The van der Waals surface area contributed by atoms with E-state index in [0.717, 1.165) is 18.4 Å². The number of halogens is 1. The topological polar surface area (TPSA) is 0 Å². The third-order valence-electron chi connectivity index (χ3n) is 2.34. The fourth-order valence-corrected chi connectivity index (χ4v) is 1.56. The highest BCUT2D eigenvalue weighted by Gasteiger charge is 2.08. The average molecular weight is 190 g/mol. The van der Waals surface area contributed by atoms with Crippen LogP contribution >= 0.6 is 0 Å². The molecule has 0 amide bonds.